The lowest BCUT2D eigenvalue weighted by molar-refractivity contribution is -0.870. The summed E-state index contributed by atoms with van der Waals surface area (Å²) in [6.45, 7) is 54.5. The van der Waals surface area contributed by atoms with Crippen molar-refractivity contribution in [2.75, 3.05) is 158 Å². The summed E-state index contributed by atoms with van der Waals surface area (Å²) >= 11 is 0. The topological polar surface area (TPSA) is 408 Å². The second kappa shape index (κ2) is 78.1. The Kier molecular flexibility index (Phi) is 74.7. The summed E-state index contributed by atoms with van der Waals surface area (Å²) in [5.74, 6) is 9.88. The van der Waals surface area contributed by atoms with E-state index in [0.717, 1.165) is 194 Å². The number of quaternary nitrogens is 1. The maximum absolute atomic E-state index is 12.0. The Morgan fingerprint density at radius 2 is 1.01 bits per heavy atom. The third kappa shape index (κ3) is 69.4. The molecule has 842 valence electrons. The molecule has 13 unspecified atom stereocenters. The van der Waals surface area contributed by atoms with Crippen LogP contribution in [0.5, 0.6) is 5.75 Å². The molecular weight excluding hydrogens is 1870 g/mol. The highest BCUT2D eigenvalue weighted by atomic mass is 32.2. The third-order valence-corrected chi connectivity index (χ3v) is 29.1. The Labute approximate surface area is 875 Å². The number of carbonyl (C=O) groups is 5. The molecule has 31 heteroatoms. The fourth-order valence-electron chi connectivity index (χ4n) is 17.9. The minimum atomic E-state index is -2.84. The number of piperidine rings is 1. The molecule has 0 aromatic heterocycles. The van der Waals surface area contributed by atoms with E-state index in [1.54, 1.807) is 30.9 Å². The van der Waals surface area contributed by atoms with Gasteiger partial charge in [0.1, 0.15) is 66.1 Å². The van der Waals surface area contributed by atoms with Crippen LogP contribution in [0, 0.1) is 47.3 Å². The van der Waals surface area contributed by atoms with Crippen molar-refractivity contribution in [3.8, 4) is 5.75 Å². The van der Waals surface area contributed by atoms with Gasteiger partial charge in [-0.05, 0) is 258 Å². The van der Waals surface area contributed by atoms with Crippen molar-refractivity contribution in [1.82, 2.24) is 29.8 Å². The Morgan fingerprint density at radius 3 is 1.49 bits per heavy atom. The number of unbranched alkanes of at least 4 members (excludes halogenated alkanes) is 3. The monoisotopic (exact) mass is 2080 g/mol. The first-order valence-corrected chi connectivity index (χ1v) is 59.7. The molecule has 2 aliphatic carbocycles. The van der Waals surface area contributed by atoms with Crippen LogP contribution in [-0.4, -0.2) is 346 Å². The summed E-state index contributed by atoms with van der Waals surface area (Å²) in [6, 6.07) is 16.3. The van der Waals surface area contributed by atoms with Crippen molar-refractivity contribution in [2.24, 2.45) is 58.8 Å². The molecule has 1 amide bonds. The first-order chi connectivity index (χ1) is 67.6. The zero-order chi connectivity index (χ0) is 109. The molecule has 3 saturated heterocycles. The average Bonchev–Trinajstić information content (AvgIpc) is 0.804. The number of Topliss-reactive ketones (excluding diaryl/α,β-unsaturated/α-hetero) is 4. The molecule has 0 spiro atoms. The van der Waals surface area contributed by atoms with E-state index in [1.165, 1.54) is 149 Å². The summed E-state index contributed by atoms with van der Waals surface area (Å²) in [6.07, 6.45) is 22.9. The van der Waals surface area contributed by atoms with E-state index in [0.29, 0.717) is 105 Å². The standard InChI is InChI=1S/C26H44N2O7.C19H29NO6.C15H34N3O.C15H32NO2P.C14H29NO2S.C14H27NO.C10H20O/c1-18(2)8-10-28(11-13-34-15-14-33-12-9-27)17-21-6-4-20(5-7-21)16-22-23(30)24(31)25(32)26(35-22)19(3)29;1-11(2)8-9-20-10-13-4-6-14(7-5-13)25-19-17(24)15(22)16(23)18(26-19)12(3)21;1-13(2)10-11-17(3)15(19)14(16)9-7-8-12-18(4,5)6;1-14(2)10-12-16(11-7-13-19(3,17)18)15-8-5-4-6-9-15;1-13(2)9-10-15(11-12-18(3,16)17)14-7-5-4-6-8-14;1-12(2)5-4-6-14-7-9-15(10-8-14)11-13(3)16;1-9(2)7-5-4-6-8-10(3)11/h4-7,18,22-26,30-32H,8-17,27H2,1-3H3;4-7,11,15-20,22-24H,8-10H2,1-3H3;13-14H,7-12,16H2,1-6H3;14-15H,4-13H2,1-3H3,(H,17,18);13-14H,3-12H2,1-2H3,(H,16,17);12,14H,4-11H2,1-3H3;9H,4-8H2,1-3H3/q;;+1;;;;. The summed E-state index contributed by atoms with van der Waals surface area (Å²) in [5.41, 5.74) is 14.5. The Bertz CT molecular complexity index is 3760. The third-order valence-electron chi connectivity index (χ3n) is 27.1. The molecule has 5 fully saturated rings. The number of hydrogen-bond donors (Lipinski definition) is 11. The molecule has 13 N–H and O–H groups in total. The van der Waals surface area contributed by atoms with E-state index in [1.807, 2.05) is 43.4 Å². The van der Waals surface area contributed by atoms with Crippen LogP contribution in [0.1, 0.15) is 328 Å². The molecule has 2 aromatic rings. The number of nitrogens with two attached hydrogens (primary N) is 2. The van der Waals surface area contributed by atoms with Gasteiger partial charge in [-0.2, -0.15) is 0 Å². The molecule has 13 atom stereocenters. The fourth-order valence-corrected chi connectivity index (χ4v) is 19.1. The molecule has 144 heavy (non-hydrogen) atoms. The van der Waals surface area contributed by atoms with Gasteiger partial charge in [-0.15, -0.1) is 0 Å². The number of nitrogens with one attached hydrogen (secondary N) is 1. The molecule has 3 heterocycles. The van der Waals surface area contributed by atoms with Gasteiger partial charge in [0.15, 0.2) is 18.9 Å². The molecule has 29 nitrogen and oxygen atoms in total. The molecule has 0 radical (unpaired) electrons. The van der Waals surface area contributed by atoms with Crippen LogP contribution >= 0.6 is 7.37 Å². The quantitative estimate of drug-likeness (QED) is 0.0127. The first kappa shape index (κ1) is 138. The normalized spacial score (nSPS) is 21.5. The zero-order valence-corrected chi connectivity index (χ0v) is 96.4. The van der Waals surface area contributed by atoms with E-state index in [2.05, 4.69) is 149 Å². The molecule has 2 aromatic carbocycles. The number of likely N-dealkylation sites (N-methyl/N-ethyl adjacent to an activating group) is 1. The summed E-state index contributed by atoms with van der Waals surface area (Å²) in [5, 5.41) is 63.6. The second-order valence-corrected chi connectivity index (χ2v) is 50.4. The summed E-state index contributed by atoms with van der Waals surface area (Å²) < 4.78 is 60.6. The van der Waals surface area contributed by atoms with Crippen LogP contribution in [0.15, 0.2) is 48.5 Å². The maximum Gasteiger partial charge on any atom is 0.239 e. The van der Waals surface area contributed by atoms with E-state index >= 15 is 0 Å². The van der Waals surface area contributed by atoms with Crippen LogP contribution in [-0.2, 0) is 76.8 Å². The molecule has 3 aliphatic heterocycles. The molecule has 7 rings (SSSR count). The van der Waals surface area contributed by atoms with Crippen molar-refractivity contribution in [1.29, 1.82) is 0 Å². The van der Waals surface area contributed by atoms with Crippen LogP contribution in [0.2, 0.25) is 0 Å². The van der Waals surface area contributed by atoms with Crippen LogP contribution in [0.25, 0.3) is 0 Å². The van der Waals surface area contributed by atoms with E-state index in [9.17, 15) is 72.8 Å². The minimum absolute atomic E-state index is 0.0888. The van der Waals surface area contributed by atoms with Gasteiger partial charge in [-0.1, -0.05) is 210 Å². The van der Waals surface area contributed by atoms with Gasteiger partial charge < -0.3 is 99.6 Å². The van der Waals surface area contributed by atoms with Crippen LogP contribution in [0.3, 0.4) is 0 Å². The number of carbonyl (C=O) groups excluding carboxylic acids is 5. The van der Waals surface area contributed by atoms with Gasteiger partial charge >= 0.3 is 0 Å². The number of rotatable bonds is 60. The predicted molar refractivity (Wildman–Crippen MR) is 591 cm³/mol. The molecule has 5 aliphatic rings. The van der Waals surface area contributed by atoms with Gasteiger partial charge in [0, 0.05) is 84.1 Å². The highest BCUT2D eigenvalue weighted by Gasteiger charge is 2.48. The number of amides is 1. The van der Waals surface area contributed by atoms with Gasteiger partial charge in [-0.3, -0.25) is 38.4 Å². The van der Waals surface area contributed by atoms with Gasteiger partial charge in [-0.25, -0.2) is 4.21 Å². The predicted octanol–water partition coefficient (Wildman–Crippen LogP) is 15.9. The largest absolute Gasteiger partial charge is 0.462 e. The number of aliphatic hydroxyl groups excluding tert-OH is 6. The van der Waals surface area contributed by atoms with Gasteiger partial charge in [0.25, 0.3) is 0 Å². The number of ketones is 4. The van der Waals surface area contributed by atoms with E-state index in [-0.39, 0.29) is 17.7 Å². The highest BCUT2D eigenvalue weighted by molar-refractivity contribution is 7.95. The number of benzene rings is 2. The van der Waals surface area contributed by atoms with E-state index in [4.69, 9.17) is 35.2 Å². The first-order valence-electron chi connectivity index (χ1n) is 55.5. The Hall–Kier alpha value is -4.16. The van der Waals surface area contributed by atoms with Crippen LogP contribution < -0.4 is 21.5 Å². The number of aliphatic hydroxyl groups is 6. The van der Waals surface area contributed by atoms with Gasteiger partial charge in [0.05, 0.1) is 88.4 Å². The maximum atomic E-state index is 12.0. The van der Waals surface area contributed by atoms with Crippen LogP contribution in [0.4, 0.5) is 0 Å². The average molecular weight is 2080 g/mol. The highest BCUT2D eigenvalue weighted by Crippen LogP contribution is 2.37. The lowest BCUT2D eigenvalue weighted by Crippen LogP contribution is -2.60. The number of ether oxygens (including phenoxy) is 5. The number of nitrogens with zero attached hydrogens (tertiary/aromatic N) is 6. The van der Waals surface area contributed by atoms with Crippen molar-refractivity contribution in [3.63, 3.8) is 0 Å². The van der Waals surface area contributed by atoms with Crippen molar-refractivity contribution >= 4 is 52.1 Å². The zero-order valence-electron chi connectivity index (χ0n) is 94.7. The smallest absolute Gasteiger partial charge is 0.239 e. The SMILES string of the molecule is C=S(=O)(O)CCN(CCC(C)C)C1CCCCC1.CC(=O)C1OC(Cc2ccc(CN(CCOCCOCCN)CCC(C)C)cc2)C(O)C(O)C1O.CC(=O)C1OC(Oc2ccc(CNCCC(C)C)cc2)C(O)C(O)C1O.CC(=O)CCCCCC(C)C.CC(=O)CN1CCC(CCCC(C)C)CC1.CC(C)CCN(C)C(=O)C(N)CCCC[N+](C)(C)C.CC(C)CCN(CCCP(C)(=O)O)C1CCCCC1. The van der Waals surface area contributed by atoms with Crippen molar-refractivity contribution in [2.45, 2.75) is 410 Å². The Balaban J connectivity index is 0.000000863. The van der Waals surface area contributed by atoms with E-state index < -0.39 is 84.2 Å². The number of likely N-dealkylation sites (tertiary alicyclic amines) is 1. The minimum Gasteiger partial charge on any atom is -0.462 e. The van der Waals surface area contributed by atoms with Crippen molar-refractivity contribution < 1.29 is 101 Å². The molecular formula is C113H215N9O20PS+. The lowest BCUT2D eigenvalue weighted by atomic mass is 9.90. The summed E-state index contributed by atoms with van der Waals surface area (Å²) in [7, 11) is 2.75. The molecule has 2 saturated carbocycles. The van der Waals surface area contributed by atoms with Crippen molar-refractivity contribution in [3.05, 3.63) is 65.2 Å². The van der Waals surface area contributed by atoms with Gasteiger partial charge in [0.2, 0.25) is 12.2 Å². The molecule has 0 bridgehead atoms. The summed E-state index contributed by atoms with van der Waals surface area (Å²) in [4.78, 5) is 77.7. The number of hydrogen-bond acceptors (Lipinski definition) is 25. The second-order valence-electron chi connectivity index (χ2n) is 45.9. The Morgan fingerprint density at radius 1 is 0.535 bits per heavy atom. The lowest BCUT2D eigenvalue weighted by Gasteiger charge is -2.39. The fraction of sp³-hybridized carbons (Fsp3) is 0.841.